The van der Waals surface area contributed by atoms with Gasteiger partial charge in [0.1, 0.15) is 0 Å². The number of carbonyl (C=O) groups excluding carboxylic acids is 1. The fourth-order valence-electron chi connectivity index (χ4n) is 3.05. The Kier molecular flexibility index (Phi) is 6.32. The van der Waals surface area contributed by atoms with Crippen molar-refractivity contribution in [1.29, 1.82) is 0 Å². The minimum Gasteiger partial charge on any atom is -0.387 e. The van der Waals surface area contributed by atoms with Crippen LogP contribution in [-0.4, -0.2) is 54.7 Å². The number of aromatic nitrogens is 2. The highest BCUT2D eigenvalue weighted by atomic mass is 32.2. The third-order valence-electron chi connectivity index (χ3n) is 4.61. The number of ether oxygens (including phenoxy) is 1. The number of benzene rings is 1. The van der Waals surface area contributed by atoms with Crippen molar-refractivity contribution in [2.45, 2.75) is 17.9 Å². The van der Waals surface area contributed by atoms with E-state index in [0.717, 1.165) is 9.56 Å². The van der Waals surface area contributed by atoms with Crippen LogP contribution < -0.4 is 11.1 Å². The fraction of sp³-hybridized carbons (Fsp3) is 0.316. The lowest BCUT2D eigenvalue weighted by atomic mass is 10.3. The predicted molar refractivity (Wildman–Crippen MR) is 113 cm³/mol. The number of nitrogens with zero attached hydrogens (tertiary/aromatic N) is 3. The number of thiophene rings is 1. The first-order valence-corrected chi connectivity index (χ1v) is 11.8. The third kappa shape index (κ3) is 4.93. The van der Waals surface area contributed by atoms with Gasteiger partial charge in [-0.05, 0) is 29.6 Å². The molecule has 0 spiro atoms. The number of sulfonamides is 1. The molecule has 0 bridgehead atoms. The molecule has 2 aromatic heterocycles. The Hall–Kier alpha value is -2.80. The van der Waals surface area contributed by atoms with Crippen LogP contribution in [0.3, 0.4) is 0 Å². The van der Waals surface area contributed by atoms with Gasteiger partial charge in [0.2, 0.25) is 15.9 Å². The number of anilines is 1. The van der Waals surface area contributed by atoms with E-state index in [1.807, 2.05) is 11.4 Å². The van der Waals surface area contributed by atoms with E-state index in [4.69, 9.17) is 9.15 Å². The Bertz CT molecular complexity index is 1210. The molecule has 1 aliphatic rings. The van der Waals surface area contributed by atoms with Crippen molar-refractivity contribution in [3.05, 3.63) is 52.3 Å². The maximum atomic E-state index is 12.8. The molecule has 0 saturated carbocycles. The van der Waals surface area contributed by atoms with E-state index >= 15 is 0 Å². The quantitative estimate of drug-likeness (QED) is 0.563. The molecule has 0 aliphatic carbocycles. The highest BCUT2D eigenvalue weighted by Gasteiger charge is 2.26. The van der Waals surface area contributed by atoms with Crippen LogP contribution in [0.1, 0.15) is 6.42 Å². The van der Waals surface area contributed by atoms with Gasteiger partial charge in [0.25, 0.3) is 5.89 Å². The number of morpholine rings is 1. The van der Waals surface area contributed by atoms with Crippen molar-refractivity contribution in [3.8, 4) is 10.8 Å². The van der Waals surface area contributed by atoms with Crippen LogP contribution in [0.5, 0.6) is 0 Å². The monoisotopic (exact) mass is 464 g/mol. The maximum Gasteiger partial charge on any atom is 0.437 e. The molecule has 0 unspecified atom stereocenters. The number of hydrogen-bond donors (Lipinski definition) is 1. The standard InChI is InChI=1S/C19H20N4O6S2/c24-17(6-7-23-19(25)29-18(21-23)16-5-2-12-30-16)20-14-3-1-4-15(13-14)31(26,27)22-8-10-28-11-9-22/h1-5,12-13H,6-11H2,(H,20,24). The Balaban J connectivity index is 1.39. The number of nitrogens with one attached hydrogen (secondary N) is 1. The highest BCUT2D eigenvalue weighted by Crippen LogP contribution is 2.22. The second-order valence-corrected chi connectivity index (χ2v) is 9.60. The van der Waals surface area contributed by atoms with Gasteiger partial charge in [-0.15, -0.1) is 16.4 Å². The summed E-state index contributed by atoms with van der Waals surface area (Å²) in [6.45, 7) is 1.32. The number of carbonyl (C=O) groups is 1. The minimum atomic E-state index is -3.66. The zero-order valence-electron chi connectivity index (χ0n) is 16.4. The average Bonchev–Trinajstić information content (AvgIpc) is 3.43. The van der Waals surface area contributed by atoms with Crippen LogP contribution in [-0.2, 0) is 26.1 Å². The molecule has 12 heteroatoms. The summed E-state index contributed by atoms with van der Waals surface area (Å²) >= 11 is 1.39. The molecule has 0 radical (unpaired) electrons. The highest BCUT2D eigenvalue weighted by molar-refractivity contribution is 7.89. The number of rotatable bonds is 7. The second-order valence-electron chi connectivity index (χ2n) is 6.72. The van der Waals surface area contributed by atoms with E-state index in [1.165, 1.54) is 27.8 Å². The molecule has 3 heterocycles. The molecular formula is C19H20N4O6S2. The zero-order valence-corrected chi connectivity index (χ0v) is 18.0. The summed E-state index contributed by atoms with van der Waals surface area (Å²) in [5.74, 6) is -0.815. The summed E-state index contributed by atoms with van der Waals surface area (Å²) in [7, 11) is -3.66. The molecule has 164 valence electrons. The molecule has 3 aromatic rings. The van der Waals surface area contributed by atoms with Gasteiger partial charge in [-0.1, -0.05) is 12.1 Å². The van der Waals surface area contributed by atoms with E-state index in [1.54, 1.807) is 18.2 Å². The Morgan fingerprint density at radius 3 is 2.74 bits per heavy atom. The van der Waals surface area contributed by atoms with Crippen LogP contribution in [0.25, 0.3) is 10.8 Å². The number of amides is 1. The SMILES string of the molecule is O=C(CCn1nc(-c2cccs2)oc1=O)Nc1cccc(S(=O)(=O)N2CCOCC2)c1. The van der Waals surface area contributed by atoms with Gasteiger partial charge in [0.15, 0.2) is 0 Å². The van der Waals surface area contributed by atoms with Gasteiger partial charge in [-0.2, -0.15) is 8.99 Å². The van der Waals surface area contributed by atoms with Crippen molar-refractivity contribution in [2.75, 3.05) is 31.6 Å². The molecule has 1 saturated heterocycles. The number of hydrogen-bond acceptors (Lipinski definition) is 8. The molecular weight excluding hydrogens is 444 g/mol. The largest absolute Gasteiger partial charge is 0.437 e. The molecule has 1 aliphatic heterocycles. The van der Waals surface area contributed by atoms with E-state index in [-0.39, 0.29) is 29.7 Å². The molecule has 1 aromatic carbocycles. The average molecular weight is 465 g/mol. The molecule has 31 heavy (non-hydrogen) atoms. The second kappa shape index (κ2) is 9.14. The summed E-state index contributed by atoms with van der Waals surface area (Å²) in [5.41, 5.74) is 0.353. The number of aryl methyl sites for hydroxylation is 1. The molecule has 1 amide bonds. The van der Waals surface area contributed by atoms with Gasteiger partial charge in [-0.3, -0.25) is 4.79 Å². The van der Waals surface area contributed by atoms with Crippen molar-refractivity contribution in [3.63, 3.8) is 0 Å². The van der Waals surface area contributed by atoms with E-state index in [9.17, 15) is 18.0 Å². The van der Waals surface area contributed by atoms with E-state index in [0.29, 0.717) is 32.0 Å². The van der Waals surface area contributed by atoms with Crippen LogP contribution in [0.2, 0.25) is 0 Å². The normalized spacial score (nSPS) is 15.1. The summed E-state index contributed by atoms with van der Waals surface area (Å²) in [4.78, 5) is 25.1. The smallest absolute Gasteiger partial charge is 0.387 e. The molecule has 10 nitrogen and oxygen atoms in total. The summed E-state index contributed by atoms with van der Waals surface area (Å²) < 4.78 is 38.3. The Morgan fingerprint density at radius 1 is 1.19 bits per heavy atom. The van der Waals surface area contributed by atoms with Gasteiger partial charge < -0.3 is 14.5 Å². The first-order chi connectivity index (χ1) is 14.9. The Morgan fingerprint density at radius 2 is 2.00 bits per heavy atom. The molecule has 1 N–H and O–H groups in total. The maximum absolute atomic E-state index is 12.8. The van der Waals surface area contributed by atoms with Crippen molar-refractivity contribution < 1.29 is 22.4 Å². The fourth-order valence-corrected chi connectivity index (χ4v) is 5.15. The summed E-state index contributed by atoms with van der Waals surface area (Å²) in [6, 6.07) is 9.68. The lowest BCUT2D eigenvalue weighted by molar-refractivity contribution is -0.116. The molecule has 1 fully saturated rings. The van der Waals surface area contributed by atoms with Gasteiger partial charge in [0.05, 0.1) is 29.5 Å². The molecule has 0 atom stereocenters. The predicted octanol–water partition coefficient (Wildman–Crippen LogP) is 1.61. The first-order valence-electron chi connectivity index (χ1n) is 9.53. The van der Waals surface area contributed by atoms with Crippen LogP contribution in [0.15, 0.2) is 55.9 Å². The Labute approximate surface area is 182 Å². The summed E-state index contributed by atoms with van der Waals surface area (Å²) in [6.07, 6.45) is -0.0310. The van der Waals surface area contributed by atoms with E-state index in [2.05, 4.69) is 10.4 Å². The minimum absolute atomic E-state index is 0.0310. The van der Waals surface area contributed by atoms with Crippen LogP contribution in [0, 0.1) is 0 Å². The molecule has 4 rings (SSSR count). The van der Waals surface area contributed by atoms with Gasteiger partial charge >= 0.3 is 5.76 Å². The topological polar surface area (TPSA) is 124 Å². The van der Waals surface area contributed by atoms with Crippen LogP contribution >= 0.6 is 11.3 Å². The lowest BCUT2D eigenvalue weighted by Gasteiger charge is -2.26. The summed E-state index contributed by atoms with van der Waals surface area (Å²) in [5, 5.41) is 8.61. The zero-order chi connectivity index (χ0) is 21.8. The van der Waals surface area contributed by atoms with Crippen molar-refractivity contribution >= 4 is 33.0 Å². The van der Waals surface area contributed by atoms with Crippen molar-refractivity contribution in [1.82, 2.24) is 14.1 Å². The van der Waals surface area contributed by atoms with Crippen LogP contribution in [0.4, 0.5) is 5.69 Å². The first kappa shape index (κ1) is 21.4. The lowest BCUT2D eigenvalue weighted by Crippen LogP contribution is -2.40. The van der Waals surface area contributed by atoms with Gasteiger partial charge in [0, 0.05) is 25.2 Å². The van der Waals surface area contributed by atoms with Gasteiger partial charge in [-0.25, -0.2) is 13.2 Å². The van der Waals surface area contributed by atoms with Crippen molar-refractivity contribution in [2.24, 2.45) is 0 Å². The van der Waals surface area contributed by atoms with E-state index < -0.39 is 15.8 Å². The third-order valence-corrected chi connectivity index (χ3v) is 7.37.